The van der Waals surface area contributed by atoms with Gasteiger partial charge in [0.25, 0.3) is 6.29 Å². The van der Waals surface area contributed by atoms with Crippen molar-refractivity contribution in [2.45, 2.75) is 437 Å². The van der Waals surface area contributed by atoms with Crippen LogP contribution in [-0.4, -0.2) is 87.4 Å². The molecule has 0 saturated carbocycles. The molecule has 0 radical (unpaired) electrons. The van der Waals surface area contributed by atoms with Gasteiger partial charge in [0.15, 0.2) is 6.10 Å². The van der Waals surface area contributed by atoms with Gasteiger partial charge in [-0.05, 0) is 103 Å². The zero-order valence-corrected chi connectivity index (χ0v) is 69.9. The van der Waals surface area contributed by atoms with Crippen molar-refractivity contribution in [2.75, 3.05) is 47.5 Å². The van der Waals surface area contributed by atoms with Gasteiger partial charge in [-0.2, -0.15) is 0 Å². The van der Waals surface area contributed by atoms with E-state index in [1.54, 1.807) is 0 Å². The second kappa shape index (κ2) is 85.6. The first-order valence-electron chi connectivity index (χ1n) is 45.1. The molecule has 105 heavy (non-hydrogen) atoms. The minimum absolute atomic E-state index is 0.181. The Morgan fingerprint density at radius 2 is 0.543 bits per heavy atom. The molecule has 2 unspecified atom stereocenters. The average molecular weight is 1470 g/mol. The van der Waals surface area contributed by atoms with Crippen LogP contribution in [0.1, 0.15) is 425 Å². The zero-order valence-electron chi connectivity index (χ0n) is 69.9. The molecule has 0 fully saturated rings. The van der Waals surface area contributed by atoms with E-state index in [4.69, 9.17) is 18.9 Å². The van der Waals surface area contributed by atoms with E-state index in [0.717, 1.165) is 89.9 Å². The Hall–Kier alpha value is -4.05. The minimum Gasteiger partial charge on any atom is -0.477 e. The molecule has 0 aliphatic rings. The molecular weight excluding hydrogens is 1300 g/mol. The van der Waals surface area contributed by atoms with Gasteiger partial charge in [-0.3, -0.25) is 9.59 Å². The van der Waals surface area contributed by atoms with Gasteiger partial charge in [0.05, 0.1) is 34.4 Å². The minimum atomic E-state index is -1.51. The molecule has 0 aromatic heterocycles. The first kappa shape index (κ1) is 101. The van der Waals surface area contributed by atoms with E-state index in [1.165, 1.54) is 308 Å². The Labute approximate surface area is 651 Å². The van der Waals surface area contributed by atoms with Crippen LogP contribution in [-0.2, 0) is 33.3 Å². The first-order chi connectivity index (χ1) is 51.6. The third-order valence-corrected chi connectivity index (χ3v) is 20.0. The lowest BCUT2D eigenvalue weighted by molar-refractivity contribution is -0.870. The summed E-state index contributed by atoms with van der Waals surface area (Å²) in [6.07, 6.45) is 119. The van der Waals surface area contributed by atoms with Gasteiger partial charge < -0.3 is 28.5 Å². The number of rotatable bonds is 84. The monoisotopic (exact) mass is 1470 g/mol. The number of allylic oxidation sites excluding steroid dienone is 18. The number of hydrogen-bond donors (Lipinski definition) is 1. The van der Waals surface area contributed by atoms with Crippen molar-refractivity contribution in [3.8, 4) is 0 Å². The number of carboxylic acids is 1. The fourth-order valence-electron chi connectivity index (χ4n) is 13.2. The summed E-state index contributed by atoms with van der Waals surface area (Å²) >= 11 is 0. The SMILES string of the molecule is CC/C=C\C/C=C\C/C=C\C/C=C\C/C=C\C/C=C\C/C=C\C/C=C\CCCCCCCCCCCCCCCCC(=O)OC(COC(=O)CCCCCCCCCCCCCCCCCCCCCCCCCCCCCCC/C=C\CCCCCCCCCC)COC(OCC[N+](C)(C)C)C(=O)O. The first-order valence-corrected chi connectivity index (χ1v) is 45.1. The zero-order chi connectivity index (χ0) is 76.0. The van der Waals surface area contributed by atoms with Crippen LogP contribution in [0.4, 0.5) is 0 Å². The Kier molecular flexibility index (Phi) is 82.3. The molecule has 0 aromatic carbocycles. The fourth-order valence-corrected chi connectivity index (χ4v) is 13.2. The third kappa shape index (κ3) is 87.1. The maximum atomic E-state index is 13.0. The molecule has 0 rings (SSSR count). The highest BCUT2D eigenvalue weighted by atomic mass is 16.7. The summed E-state index contributed by atoms with van der Waals surface area (Å²) < 4.78 is 23.1. The standard InChI is InChI=1S/C96H171NO8/c1-6-8-10-12-14-16-18-20-22-24-26-28-30-32-34-36-38-40-42-44-46-47-49-50-52-54-56-58-60-62-64-66-68-70-72-74-76-78-80-82-84-86-93(98)103-90-92(91-104-96(95(100)101)102-89-88-97(3,4)5)105-94(99)87-85-83-81-79-77-75-73-71-69-67-65-63-61-59-57-55-53-51-48-45-43-41-39-37-35-33-31-29-27-25-23-21-19-17-15-13-11-9-7-2/h9,11,15,17,21,23-24,26-27,29,33,35,39,41,45,48,53,55,92,96H,6-8,10,12-14,16,18-20,22,25,28,30-32,34,36-38,40,42-44,46-47,49-52,54,56-91H2,1-5H3/p+1/b11-9-,17-15-,23-21-,26-24-,29-27-,35-33-,41-39-,48-45-,55-53-. The van der Waals surface area contributed by atoms with E-state index in [9.17, 15) is 19.5 Å². The number of nitrogens with zero attached hydrogens (tertiary/aromatic N) is 1. The van der Waals surface area contributed by atoms with E-state index in [2.05, 4.69) is 123 Å². The number of carbonyl (C=O) groups is 3. The second-order valence-electron chi connectivity index (χ2n) is 31.5. The summed E-state index contributed by atoms with van der Waals surface area (Å²) in [5.41, 5.74) is 0. The highest BCUT2D eigenvalue weighted by Gasteiger charge is 2.25. The van der Waals surface area contributed by atoms with E-state index in [0.29, 0.717) is 17.4 Å². The van der Waals surface area contributed by atoms with Crippen LogP contribution in [0.25, 0.3) is 0 Å². The van der Waals surface area contributed by atoms with Gasteiger partial charge in [0.2, 0.25) is 0 Å². The number of carboxylic acid groups (broad SMARTS) is 1. The molecule has 0 spiro atoms. The van der Waals surface area contributed by atoms with E-state index in [-0.39, 0.29) is 32.2 Å². The molecule has 0 amide bonds. The van der Waals surface area contributed by atoms with Crippen molar-refractivity contribution in [1.82, 2.24) is 0 Å². The molecule has 0 aliphatic carbocycles. The molecule has 1 N–H and O–H groups in total. The van der Waals surface area contributed by atoms with Crippen molar-refractivity contribution in [2.24, 2.45) is 0 Å². The van der Waals surface area contributed by atoms with Gasteiger partial charge in [-0.15, -0.1) is 0 Å². The van der Waals surface area contributed by atoms with Gasteiger partial charge in [0, 0.05) is 12.8 Å². The molecule has 0 bridgehead atoms. The summed E-state index contributed by atoms with van der Waals surface area (Å²) in [7, 11) is 6.00. The summed E-state index contributed by atoms with van der Waals surface area (Å²) in [6, 6.07) is 0. The van der Waals surface area contributed by atoms with Crippen LogP contribution < -0.4 is 0 Å². The second-order valence-corrected chi connectivity index (χ2v) is 31.5. The molecule has 0 aromatic rings. The number of esters is 2. The number of aliphatic carboxylic acids is 1. The highest BCUT2D eigenvalue weighted by molar-refractivity contribution is 5.71. The molecule has 608 valence electrons. The van der Waals surface area contributed by atoms with Crippen molar-refractivity contribution in [1.29, 1.82) is 0 Å². The molecule has 2 atom stereocenters. The Morgan fingerprint density at radius 3 is 0.819 bits per heavy atom. The Morgan fingerprint density at radius 1 is 0.295 bits per heavy atom. The van der Waals surface area contributed by atoms with Crippen molar-refractivity contribution < 1.29 is 42.9 Å². The molecule has 9 heteroatoms. The van der Waals surface area contributed by atoms with Crippen molar-refractivity contribution in [3.63, 3.8) is 0 Å². The normalized spacial score (nSPS) is 13.1. The third-order valence-electron chi connectivity index (χ3n) is 20.0. The molecule has 0 aliphatic heterocycles. The van der Waals surface area contributed by atoms with Gasteiger partial charge >= 0.3 is 17.9 Å². The fraction of sp³-hybridized carbons (Fsp3) is 0.781. The van der Waals surface area contributed by atoms with E-state index in [1.807, 2.05) is 21.1 Å². The van der Waals surface area contributed by atoms with Crippen molar-refractivity contribution >= 4 is 17.9 Å². The number of ether oxygens (including phenoxy) is 4. The van der Waals surface area contributed by atoms with Gasteiger partial charge in [0.1, 0.15) is 13.2 Å². The molecule has 9 nitrogen and oxygen atoms in total. The Balaban J connectivity index is 3.95. The molecule has 0 saturated heterocycles. The number of carbonyl (C=O) groups excluding carboxylic acids is 2. The Bertz CT molecular complexity index is 2110. The maximum absolute atomic E-state index is 13.0. The lowest BCUT2D eigenvalue weighted by Crippen LogP contribution is -2.40. The van der Waals surface area contributed by atoms with Crippen LogP contribution in [0, 0.1) is 0 Å². The molecule has 0 heterocycles. The maximum Gasteiger partial charge on any atom is 0.361 e. The number of likely N-dealkylation sites (N-methyl/N-ethyl adjacent to an activating group) is 1. The predicted octanol–water partition coefficient (Wildman–Crippen LogP) is 29.6. The lowest BCUT2D eigenvalue weighted by atomic mass is 10.0. The number of quaternary nitrogens is 1. The average Bonchev–Trinajstić information content (AvgIpc) is 1.97. The summed E-state index contributed by atoms with van der Waals surface area (Å²) in [5, 5.41) is 9.80. The lowest BCUT2D eigenvalue weighted by Gasteiger charge is -2.25. The smallest absolute Gasteiger partial charge is 0.361 e. The summed E-state index contributed by atoms with van der Waals surface area (Å²) in [4.78, 5) is 37.8. The van der Waals surface area contributed by atoms with Crippen LogP contribution in [0.2, 0.25) is 0 Å². The predicted molar refractivity (Wildman–Crippen MR) is 456 cm³/mol. The highest BCUT2D eigenvalue weighted by Crippen LogP contribution is 2.20. The largest absolute Gasteiger partial charge is 0.477 e. The van der Waals surface area contributed by atoms with Crippen LogP contribution >= 0.6 is 0 Å². The number of hydrogen-bond acceptors (Lipinski definition) is 7. The van der Waals surface area contributed by atoms with E-state index >= 15 is 0 Å². The quantitative estimate of drug-likeness (QED) is 0.0211. The van der Waals surface area contributed by atoms with Gasteiger partial charge in [-0.1, -0.05) is 419 Å². The topological polar surface area (TPSA) is 108 Å². The molecular formula is C96H172NO8+. The summed E-state index contributed by atoms with van der Waals surface area (Å²) in [5.74, 6) is -1.98. The van der Waals surface area contributed by atoms with Crippen LogP contribution in [0.15, 0.2) is 109 Å². The summed E-state index contributed by atoms with van der Waals surface area (Å²) in [6.45, 7) is 4.82. The van der Waals surface area contributed by atoms with Gasteiger partial charge in [-0.25, -0.2) is 4.79 Å². The van der Waals surface area contributed by atoms with Crippen LogP contribution in [0.3, 0.4) is 0 Å². The van der Waals surface area contributed by atoms with E-state index < -0.39 is 24.3 Å². The van der Waals surface area contributed by atoms with Crippen LogP contribution in [0.5, 0.6) is 0 Å². The number of unbranched alkanes of at least 4 members (excludes halogenated alkanes) is 51. The van der Waals surface area contributed by atoms with Crippen molar-refractivity contribution in [3.05, 3.63) is 109 Å².